The Kier molecular flexibility index (Phi) is 5.24. The molecule has 0 unspecified atom stereocenters. The second-order valence-corrected chi connectivity index (χ2v) is 9.42. The first-order valence-corrected chi connectivity index (χ1v) is 10.9. The van der Waals surface area contributed by atoms with E-state index in [1.54, 1.807) is 22.8 Å². The molecule has 0 fully saturated rings. The molecule has 20 heavy (non-hydrogen) atoms. The number of hydrogen-bond donors (Lipinski definition) is 0. The van der Waals surface area contributed by atoms with Crippen LogP contribution in [0, 0.1) is 10.1 Å². The topological polar surface area (TPSA) is 52.4 Å². The minimum atomic E-state index is -1.94. The molecule has 2 aromatic rings. The van der Waals surface area contributed by atoms with Gasteiger partial charge in [-0.05, 0) is 0 Å². The van der Waals surface area contributed by atoms with Crippen molar-refractivity contribution in [3.8, 4) is 11.5 Å². The van der Waals surface area contributed by atoms with Gasteiger partial charge in [0, 0.05) is 0 Å². The molecule has 0 amide bonds. The van der Waals surface area contributed by atoms with Crippen LogP contribution in [0.1, 0.15) is 5.56 Å². The summed E-state index contributed by atoms with van der Waals surface area (Å²) >= 11 is -1.94. The number of nitro benzene ring substituents is 1. The first-order valence-electron chi connectivity index (χ1n) is 5.41. The Hall–Kier alpha value is -1.29. The van der Waals surface area contributed by atoms with Crippen molar-refractivity contribution < 1.29 is 23.2 Å². The molecule has 0 bridgehead atoms. The van der Waals surface area contributed by atoms with E-state index in [1.807, 2.05) is 18.2 Å². The zero-order valence-corrected chi connectivity index (χ0v) is 13.2. The van der Waals surface area contributed by atoms with Gasteiger partial charge in [0.1, 0.15) is 0 Å². The van der Waals surface area contributed by atoms with Gasteiger partial charge in [-0.15, -0.1) is 0 Å². The molecule has 2 rings (SSSR count). The zero-order chi connectivity index (χ0) is 14.5. The average molecular weight is 399 g/mol. The Bertz CT molecular complexity index is 655. The van der Waals surface area contributed by atoms with E-state index in [9.17, 15) is 10.1 Å². The number of hydrogen-bond acceptors (Lipinski definition) is 3. The third-order valence-corrected chi connectivity index (χ3v) is 4.21. The summed E-state index contributed by atoms with van der Waals surface area (Å²) in [5.74, 6) is 1.13. The molecule has 0 aliphatic heterocycles. The molecule has 2 aromatic carbocycles. The van der Waals surface area contributed by atoms with Gasteiger partial charge < -0.3 is 0 Å². The summed E-state index contributed by atoms with van der Waals surface area (Å²) in [6.07, 6.45) is 0. The zero-order valence-electron chi connectivity index (χ0n) is 9.98. The van der Waals surface area contributed by atoms with E-state index in [2.05, 4.69) is 0 Å². The van der Waals surface area contributed by atoms with Crippen molar-refractivity contribution >= 4 is 29.7 Å². The van der Waals surface area contributed by atoms with Crippen LogP contribution in [0.15, 0.2) is 48.5 Å². The van der Waals surface area contributed by atoms with Crippen LogP contribution in [0.3, 0.4) is 0 Å². The number of nitro groups is 1. The molecule has 0 spiro atoms. The Morgan fingerprint density at radius 3 is 2.35 bits per heavy atom. The minimum absolute atomic E-state index is 0.0198. The molecule has 0 saturated heterocycles. The van der Waals surface area contributed by atoms with Gasteiger partial charge in [-0.25, -0.2) is 0 Å². The Labute approximate surface area is 128 Å². The normalized spacial score (nSPS) is 10.8. The third kappa shape index (κ3) is 4.10. The van der Waals surface area contributed by atoms with Crippen molar-refractivity contribution in [2.75, 3.05) is 0 Å². The fraction of sp³-hybridized carbons (Fsp3) is 0. The number of non-ortho nitro benzene ring substituents is 1. The van der Waals surface area contributed by atoms with E-state index in [1.165, 1.54) is 12.1 Å². The maximum absolute atomic E-state index is 10.6. The summed E-state index contributed by atoms with van der Waals surface area (Å²) in [7, 11) is 11.7. The van der Waals surface area contributed by atoms with Crippen LogP contribution in [0.2, 0.25) is 0 Å². The molecule has 0 aliphatic carbocycles. The summed E-state index contributed by atoms with van der Waals surface area (Å²) in [5.41, 5.74) is 0.834. The molecule has 7 heteroatoms. The Morgan fingerprint density at radius 1 is 1.10 bits per heavy atom. The van der Waals surface area contributed by atoms with E-state index in [4.69, 9.17) is 24.1 Å². The number of rotatable bonds is 4. The van der Waals surface area contributed by atoms with Crippen LogP contribution in [0.5, 0.6) is 11.5 Å². The first-order chi connectivity index (χ1) is 9.56. The van der Waals surface area contributed by atoms with Gasteiger partial charge in [0.15, 0.2) is 0 Å². The molecular weight excluding hydrogens is 390 g/mol. The van der Waals surface area contributed by atoms with E-state index in [-0.39, 0.29) is 5.69 Å². The van der Waals surface area contributed by atoms with E-state index >= 15 is 0 Å². The first kappa shape index (κ1) is 15.1. The molecule has 0 radical (unpaired) electrons. The van der Waals surface area contributed by atoms with Crippen LogP contribution in [0.25, 0.3) is 0 Å². The van der Waals surface area contributed by atoms with Gasteiger partial charge in [0.25, 0.3) is 0 Å². The number of benzene rings is 2. The monoisotopic (exact) mass is 399 g/mol. The van der Waals surface area contributed by atoms with Gasteiger partial charge in [0.2, 0.25) is 0 Å². The number of para-hydroxylation sites is 1. The molecule has 106 valence electrons. The summed E-state index contributed by atoms with van der Waals surface area (Å²) in [6.45, 7) is 0. The fourth-order valence-corrected chi connectivity index (χ4v) is 3.31. The molecule has 0 atom stereocenters. The van der Waals surface area contributed by atoms with Gasteiger partial charge in [-0.2, -0.15) is 0 Å². The molecule has 0 aliphatic rings. The summed E-state index contributed by atoms with van der Waals surface area (Å²) < 4.78 is 7.48. The van der Waals surface area contributed by atoms with Gasteiger partial charge in [-0.1, -0.05) is 0 Å². The van der Waals surface area contributed by atoms with Crippen molar-refractivity contribution in [2.45, 2.75) is 0 Å². The molecular formula is C13H9Cl2NO3Ru. The molecule has 0 N–H and O–H groups in total. The van der Waals surface area contributed by atoms with Crippen LogP contribution in [-0.4, -0.2) is 9.53 Å². The maximum atomic E-state index is 10.6. The quantitative estimate of drug-likeness (QED) is 0.433. The van der Waals surface area contributed by atoms with E-state index in [0.717, 1.165) is 5.56 Å². The molecule has 4 nitrogen and oxygen atoms in total. The van der Waals surface area contributed by atoms with E-state index < -0.39 is 18.4 Å². The summed E-state index contributed by atoms with van der Waals surface area (Å²) in [4.78, 5) is 10.1. The third-order valence-electron chi connectivity index (χ3n) is 2.38. The standard InChI is InChI=1S/C13H9NO3.2ClH.Ru/c1-10-4-2-3-5-13(10)17-12-8-6-11(7-9-12)14(15)16;;;/h1-9H;2*1H;/q;;;+2/p-2. The second kappa shape index (κ2) is 6.93. The molecule has 0 aromatic heterocycles. The van der Waals surface area contributed by atoms with Crippen molar-refractivity contribution in [3.05, 3.63) is 64.2 Å². The number of nitrogens with zero attached hydrogens (tertiary/aromatic N) is 1. The number of ether oxygens (including phenoxy) is 1. The predicted octanol–water partition coefficient (Wildman–Crippen LogP) is 4.46. The van der Waals surface area contributed by atoms with Crippen molar-refractivity contribution in [2.24, 2.45) is 0 Å². The fourth-order valence-electron chi connectivity index (χ4n) is 1.50. The Balaban J connectivity index is 2.26. The summed E-state index contributed by atoms with van der Waals surface area (Å²) in [6, 6.07) is 13.2. The second-order valence-electron chi connectivity index (χ2n) is 3.70. The van der Waals surface area contributed by atoms with Crippen LogP contribution in [0.4, 0.5) is 5.69 Å². The SMILES string of the molecule is O=[N+]([O-])c1ccc(Oc2ccccc2[CH]=[Ru]([Cl])[Cl])cc1. The van der Waals surface area contributed by atoms with Gasteiger partial charge in [-0.3, -0.25) is 0 Å². The van der Waals surface area contributed by atoms with Crippen molar-refractivity contribution in [3.63, 3.8) is 0 Å². The Morgan fingerprint density at radius 2 is 1.75 bits per heavy atom. The van der Waals surface area contributed by atoms with Crippen LogP contribution < -0.4 is 4.74 Å². The predicted molar refractivity (Wildman–Crippen MR) is 76.5 cm³/mol. The average Bonchev–Trinajstić information content (AvgIpc) is 2.41. The summed E-state index contributed by atoms with van der Waals surface area (Å²) in [5, 5.41) is 10.6. The van der Waals surface area contributed by atoms with Crippen molar-refractivity contribution in [1.29, 1.82) is 0 Å². The van der Waals surface area contributed by atoms with E-state index in [0.29, 0.717) is 11.5 Å². The van der Waals surface area contributed by atoms with Gasteiger partial charge in [0.05, 0.1) is 0 Å². The number of halogens is 2. The van der Waals surface area contributed by atoms with Gasteiger partial charge >= 0.3 is 129 Å². The van der Waals surface area contributed by atoms with Crippen LogP contribution in [-0.2, 0) is 13.5 Å². The molecule has 0 heterocycles. The molecule has 0 saturated carbocycles. The van der Waals surface area contributed by atoms with Crippen LogP contribution >= 0.6 is 19.4 Å². The van der Waals surface area contributed by atoms with Crippen molar-refractivity contribution in [1.82, 2.24) is 0 Å².